The van der Waals surface area contributed by atoms with E-state index in [0.29, 0.717) is 42.9 Å². The molecule has 3 aromatic rings. The van der Waals surface area contributed by atoms with Gasteiger partial charge in [-0.15, -0.1) is 0 Å². The van der Waals surface area contributed by atoms with Crippen LogP contribution in [0.1, 0.15) is 44.8 Å². The molecule has 2 heterocycles. The van der Waals surface area contributed by atoms with Crippen LogP contribution in [0.2, 0.25) is 0 Å². The molecule has 1 aromatic heterocycles. The normalized spacial score (nSPS) is 14.3. The van der Waals surface area contributed by atoms with Crippen LogP contribution in [0.4, 0.5) is 0 Å². The summed E-state index contributed by atoms with van der Waals surface area (Å²) >= 11 is 0. The lowest BCUT2D eigenvalue weighted by Crippen LogP contribution is -2.46. The van der Waals surface area contributed by atoms with Gasteiger partial charge in [-0.1, -0.05) is 18.2 Å². The number of amides is 2. The van der Waals surface area contributed by atoms with E-state index in [9.17, 15) is 9.59 Å². The van der Waals surface area contributed by atoms with Gasteiger partial charge in [-0.25, -0.2) is 0 Å². The number of methoxy groups -OCH3 is 1. The molecular weight excluding hydrogens is 404 g/mol. The number of aryl methyl sites for hydroxylation is 2. The van der Waals surface area contributed by atoms with E-state index in [1.165, 1.54) is 11.1 Å². The van der Waals surface area contributed by atoms with Crippen LogP contribution >= 0.6 is 0 Å². The van der Waals surface area contributed by atoms with E-state index in [1.807, 2.05) is 23.1 Å². The molecule has 0 radical (unpaired) electrons. The van der Waals surface area contributed by atoms with Crippen molar-refractivity contribution in [3.8, 4) is 17.0 Å². The maximum atomic E-state index is 12.9. The van der Waals surface area contributed by atoms with Crippen molar-refractivity contribution in [2.24, 2.45) is 0 Å². The Morgan fingerprint density at radius 1 is 1.06 bits per heavy atom. The van der Waals surface area contributed by atoms with E-state index in [0.717, 1.165) is 11.3 Å². The van der Waals surface area contributed by atoms with Crippen molar-refractivity contribution in [2.75, 3.05) is 20.2 Å². The van der Waals surface area contributed by atoms with Crippen LogP contribution < -0.4 is 10.1 Å². The predicted octanol–water partition coefficient (Wildman–Crippen LogP) is 3.74. The molecule has 0 spiro atoms. The molecule has 0 saturated carbocycles. The van der Waals surface area contributed by atoms with Crippen LogP contribution in [-0.2, 0) is 0 Å². The molecule has 0 bridgehead atoms. The highest BCUT2D eigenvalue weighted by molar-refractivity contribution is 5.95. The highest BCUT2D eigenvalue weighted by Crippen LogP contribution is 2.22. The zero-order chi connectivity index (χ0) is 22.7. The van der Waals surface area contributed by atoms with Gasteiger partial charge in [-0.3, -0.25) is 14.7 Å². The number of likely N-dealkylation sites (tertiary alicyclic amines) is 1. The van der Waals surface area contributed by atoms with Gasteiger partial charge in [0.25, 0.3) is 11.8 Å². The molecule has 2 N–H and O–H groups in total. The number of nitrogens with one attached hydrogen (secondary N) is 2. The van der Waals surface area contributed by atoms with E-state index in [4.69, 9.17) is 4.74 Å². The number of H-pyrrole nitrogens is 1. The summed E-state index contributed by atoms with van der Waals surface area (Å²) in [6, 6.07) is 15.1. The van der Waals surface area contributed by atoms with Crippen LogP contribution in [0.5, 0.6) is 5.75 Å². The third kappa shape index (κ3) is 4.66. The fourth-order valence-corrected chi connectivity index (χ4v) is 3.91. The topological polar surface area (TPSA) is 87.3 Å². The monoisotopic (exact) mass is 432 g/mol. The van der Waals surface area contributed by atoms with Crippen LogP contribution in [-0.4, -0.2) is 53.2 Å². The second-order valence-corrected chi connectivity index (χ2v) is 8.24. The number of ether oxygens (including phenoxy) is 1. The van der Waals surface area contributed by atoms with E-state index < -0.39 is 0 Å². The molecule has 2 amide bonds. The minimum absolute atomic E-state index is 0.0330. The number of hydrogen-bond acceptors (Lipinski definition) is 4. The van der Waals surface area contributed by atoms with E-state index in [-0.39, 0.29) is 17.9 Å². The average molecular weight is 433 g/mol. The first-order chi connectivity index (χ1) is 15.4. The maximum absolute atomic E-state index is 12.9. The summed E-state index contributed by atoms with van der Waals surface area (Å²) in [6.45, 7) is 5.30. The molecule has 32 heavy (non-hydrogen) atoms. The third-order valence-corrected chi connectivity index (χ3v) is 6.06. The average Bonchev–Trinajstić information content (AvgIpc) is 3.31. The number of aromatic amines is 1. The summed E-state index contributed by atoms with van der Waals surface area (Å²) in [7, 11) is 1.58. The van der Waals surface area contributed by atoms with Crippen molar-refractivity contribution >= 4 is 11.8 Å². The molecule has 0 atom stereocenters. The highest BCUT2D eigenvalue weighted by Gasteiger charge is 2.26. The molecule has 1 aliphatic heterocycles. The number of aromatic nitrogens is 2. The van der Waals surface area contributed by atoms with Crippen molar-refractivity contribution in [2.45, 2.75) is 32.7 Å². The van der Waals surface area contributed by atoms with Gasteiger partial charge in [0.2, 0.25) is 0 Å². The lowest BCUT2D eigenvalue weighted by Gasteiger charge is -2.32. The second kappa shape index (κ2) is 9.26. The SMILES string of the molecule is COc1cccc(C(=O)NC2CCN(C(=O)c3cc(-c4ccc(C)c(C)c4)n[nH]3)CC2)c1. The van der Waals surface area contributed by atoms with Crippen molar-refractivity contribution < 1.29 is 14.3 Å². The number of carbonyl (C=O) groups excluding carboxylic acids is 2. The first kappa shape index (κ1) is 21.6. The number of hydrogen-bond donors (Lipinski definition) is 2. The molecule has 166 valence electrons. The fourth-order valence-electron chi connectivity index (χ4n) is 3.91. The van der Waals surface area contributed by atoms with Crippen LogP contribution in [0, 0.1) is 13.8 Å². The van der Waals surface area contributed by atoms with Gasteiger partial charge in [-0.05, 0) is 68.1 Å². The quantitative estimate of drug-likeness (QED) is 0.643. The smallest absolute Gasteiger partial charge is 0.271 e. The van der Waals surface area contributed by atoms with Gasteiger partial charge in [0.15, 0.2) is 0 Å². The number of benzene rings is 2. The van der Waals surface area contributed by atoms with Crippen molar-refractivity contribution in [3.05, 3.63) is 70.9 Å². The number of piperidine rings is 1. The Morgan fingerprint density at radius 3 is 2.56 bits per heavy atom. The Morgan fingerprint density at radius 2 is 1.84 bits per heavy atom. The minimum Gasteiger partial charge on any atom is -0.497 e. The van der Waals surface area contributed by atoms with Crippen molar-refractivity contribution in [1.29, 1.82) is 0 Å². The Kier molecular flexibility index (Phi) is 6.25. The van der Waals surface area contributed by atoms with E-state index in [1.54, 1.807) is 25.3 Å². The lowest BCUT2D eigenvalue weighted by molar-refractivity contribution is 0.0692. The molecule has 1 aliphatic rings. The summed E-state index contributed by atoms with van der Waals surface area (Å²) in [5, 5.41) is 10.3. The highest BCUT2D eigenvalue weighted by atomic mass is 16.5. The molecule has 0 aliphatic carbocycles. The van der Waals surface area contributed by atoms with Crippen LogP contribution in [0.15, 0.2) is 48.5 Å². The van der Waals surface area contributed by atoms with Crippen molar-refractivity contribution in [1.82, 2.24) is 20.4 Å². The van der Waals surface area contributed by atoms with Crippen LogP contribution in [0.25, 0.3) is 11.3 Å². The molecule has 1 saturated heterocycles. The Bertz CT molecular complexity index is 1130. The summed E-state index contributed by atoms with van der Waals surface area (Å²) in [5.41, 5.74) is 5.22. The summed E-state index contributed by atoms with van der Waals surface area (Å²) in [6.07, 6.45) is 1.42. The molecule has 1 fully saturated rings. The Labute approximate surface area is 187 Å². The van der Waals surface area contributed by atoms with Gasteiger partial charge < -0.3 is 15.0 Å². The number of rotatable bonds is 5. The molecule has 4 rings (SSSR count). The second-order valence-electron chi connectivity index (χ2n) is 8.24. The fraction of sp³-hybridized carbons (Fsp3) is 0.320. The maximum Gasteiger partial charge on any atom is 0.271 e. The zero-order valence-electron chi connectivity index (χ0n) is 18.6. The first-order valence-corrected chi connectivity index (χ1v) is 10.8. The van der Waals surface area contributed by atoms with Crippen molar-refractivity contribution in [3.63, 3.8) is 0 Å². The minimum atomic E-state index is -0.125. The van der Waals surface area contributed by atoms with Gasteiger partial charge in [0, 0.05) is 30.3 Å². The molecule has 2 aromatic carbocycles. The standard InChI is InChI=1S/C25H28N4O3/c1-16-7-8-18(13-17(16)2)22-15-23(28-27-22)25(31)29-11-9-20(10-12-29)26-24(30)19-5-4-6-21(14-19)32-3/h4-8,13-15,20H,9-12H2,1-3H3,(H,26,30)(H,27,28). The molecular formula is C25H28N4O3. The molecule has 7 nitrogen and oxygen atoms in total. The van der Waals surface area contributed by atoms with E-state index in [2.05, 4.69) is 41.5 Å². The van der Waals surface area contributed by atoms with Gasteiger partial charge in [0.1, 0.15) is 11.4 Å². The zero-order valence-corrected chi connectivity index (χ0v) is 18.6. The Balaban J connectivity index is 1.34. The Hall–Kier alpha value is -3.61. The third-order valence-electron chi connectivity index (χ3n) is 6.06. The van der Waals surface area contributed by atoms with Gasteiger partial charge in [-0.2, -0.15) is 5.10 Å². The largest absolute Gasteiger partial charge is 0.497 e. The van der Waals surface area contributed by atoms with Gasteiger partial charge >= 0.3 is 0 Å². The van der Waals surface area contributed by atoms with Gasteiger partial charge in [0.05, 0.1) is 12.8 Å². The first-order valence-electron chi connectivity index (χ1n) is 10.8. The number of nitrogens with zero attached hydrogens (tertiary/aromatic N) is 2. The van der Waals surface area contributed by atoms with Crippen LogP contribution in [0.3, 0.4) is 0 Å². The van der Waals surface area contributed by atoms with E-state index >= 15 is 0 Å². The molecule has 0 unspecified atom stereocenters. The lowest BCUT2D eigenvalue weighted by atomic mass is 10.0. The summed E-state index contributed by atoms with van der Waals surface area (Å²) in [5.74, 6) is 0.461. The molecule has 7 heteroatoms. The predicted molar refractivity (Wildman–Crippen MR) is 123 cm³/mol. The summed E-state index contributed by atoms with van der Waals surface area (Å²) in [4.78, 5) is 27.3. The summed E-state index contributed by atoms with van der Waals surface area (Å²) < 4.78 is 5.19. The number of carbonyl (C=O) groups is 2.